The third kappa shape index (κ3) is 2.83. The summed E-state index contributed by atoms with van der Waals surface area (Å²) in [7, 11) is 0. The molecule has 28 heavy (non-hydrogen) atoms. The third-order valence-corrected chi connectivity index (χ3v) is 5.37. The molecule has 4 heterocycles. The van der Waals surface area contributed by atoms with Gasteiger partial charge in [0, 0.05) is 47.9 Å². The van der Waals surface area contributed by atoms with E-state index in [-0.39, 0.29) is 0 Å². The standard InChI is InChI=1S/C24H20N4/c1-16-23(12-18-4-3-10-25-14-18)27-28-15-21(6-8-24(16)28)19-5-7-22-17(2)26-11-9-20(22)13-19/h3-11,13-15H,12H2,1-2H3. The molecule has 0 atom stereocenters. The number of rotatable bonds is 3. The SMILES string of the molecule is Cc1nccc2cc(-c3ccc4c(C)c(Cc5cccnc5)nn4c3)ccc12. The topological polar surface area (TPSA) is 43.1 Å². The van der Waals surface area contributed by atoms with Crippen LogP contribution in [0.2, 0.25) is 0 Å². The number of aromatic nitrogens is 4. The largest absolute Gasteiger partial charge is 0.264 e. The monoisotopic (exact) mass is 364 g/mol. The van der Waals surface area contributed by atoms with Gasteiger partial charge in [-0.05, 0) is 60.2 Å². The van der Waals surface area contributed by atoms with Gasteiger partial charge in [-0.15, -0.1) is 0 Å². The lowest BCUT2D eigenvalue weighted by Crippen LogP contribution is -1.93. The maximum atomic E-state index is 4.85. The Morgan fingerprint density at radius 2 is 1.82 bits per heavy atom. The van der Waals surface area contributed by atoms with E-state index in [9.17, 15) is 0 Å². The van der Waals surface area contributed by atoms with Crippen molar-refractivity contribution in [2.24, 2.45) is 0 Å². The first-order valence-corrected chi connectivity index (χ1v) is 9.41. The summed E-state index contributed by atoms with van der Waals surface area (Å²) in [5.41, 5.74) is 8.01. The zero-order valence-electron chi connectivity index (χ0n) is 15.9. The van der Waals surface area contributed by atoms with Crippen molar-refractivity contribution in [2.45, 2.75) is 20.3 Å². The summed E-state index contributed by atoms with van der Waals surface area (Å²) in [6, 6.07) is 17.0. The van der Waals surface area contributed by atoms with Crippen LogP contribution in [0.25, 0.3) is 27.4 Å². The van der Waals surface area contributed by atoms with Crippen molar-refractivity contribution < 1.29 is 0 Å². The normalized spacial score (nSPS) is 11.4. The maximum absolute atomic E-state index is 4.85. The van der Waals surface area contributed by atoms with Crippen LogP contribution in [0, 0.1) is 13.8 Å². The Morgan fingerprint density at radius 1 is 0.929 bits per heavy atom. The number of nitrogens with zero attached hydrogens (tertiary/aromatic N) is 4. The summed E-state index contributed by atoms with van der Waals surface area (Å²) in [4.78, 5) is 8.59. The lowest BCUT2D eigenvalue weighted by molar-refractivity contribution is 0.906. The lowest BCUT2D eigenvalue weighted by atomic mass is 10.0. The van der Waals surface area contributed by atoms with Crippen LogP contribution in [0.3, 0.4) is 0 Å². The van der Waals surface area contributed by atoms with Crippen LogP contribution in [-0.4, -0.2) is 19.6 Å². The fraction of sp³-hybridized carbons (Fsp3) is 0.125. The number of fused-ring (bicyclic) bond motifs is 2. The van der Waals surface area contributed by atoms with Gasteiger partial charge in [0.25, 0.3) is 0 Å². The molecule has 0 aliphatic rings. The summed E-state index contributed by atoms with van der Waals surface area (Å²) in [5.74, 6) is 0. The fourth-order valence-corrected chi connectivity index (χ4v) is 3.77. The number of benzene rings is 1. The van der Waals surface area contributed by atoms with E-state index in [0.717, 1.165) is 28.9 Å². The molecule has 0 saturated heterocycles. The van der Waals surface area contributed by atoms with E-state index >= 15 is 0 Å². The maximum Gasteiger partial charge on any atom is 0.0708 e. The molecular formula is C24H20N4. The summed E-state index contributed by atoms with van der Waals surface area (Å²) in [5, 5.41) is 7.25. The van der Waals surface area contributed by atoms with E-state index in [4.69, 9.17) is 5.10 Å². The van der Waals surface area contributed by atoms with E-state index in [2.05, 4.69) is 65.6 Å². The van der Waals surface area contributed by atoms with Gasteiger partial charge in [-0.25, -0.2) is 4.52 Å². The minimum atomic E-state index is 0.791. The van der Waals surface area contributed by atoms with Gasteiger partial charge in [-0.2, -0.15) is 5.10 Å². The first-order valence-electron chi connectivity index (χ1n) is 9.41. The zero-order chi connectivity index (χ0) is 19.1. The highest BCUT2D eigenvalue weighted by Gasteiger charge is 2.11. The lowest BCUT2D eigenvalue weighted by Gasteiger charge is -2.06. The highest BCUT2D eigenvalue weighted by Crippen LogP contribution is 2.27. The van der Waals surface area contributed by atoms with E-state index in [1.165, 1.54) is 27.5 Å². The van der Waals surface area contributed by atoms with Gasteiger partial charge in [0.2, 0.25) is 0 Å². The molecule has 0 amide bonds. The smallest absolute Gasteiger partial charge is 0.0708 e. The fourth-order valence-electron chi connectivity index (χ4n) is 3.77. The highest BCUT2D eigenvalue weighted by atomic mass is 15.2. The summed E-state index contributed by atoms with van der Waals surface area (Å²) in [6.45, 7) is 4.18. The van der Waals surface area contributed by atoms with Crippen LogP contribution < -0.4 is 0 Å². The number of pyridine rings is 3. The van der Waals surface area contributed by atoms with Crippen molar-refractivity contribution in [2.75, 3.05) is 0 Å². The molecule has 0 aliphatic carbocycles. The van der Waals surface area contributed by atoms with Gasteiger partial charge < -0.3 is 0 Å². The van der Waals surface area contributed by atoms with E-state index in [1.807, 2.05) is 29.9 Å². The molecule has 0 bridgehead atoms. The minimum Gasteiger partial charge on any atom is -0.264 e. The molecule has 0 aliphatic heterocycles. The van der Waals surface area contributed by atoms with Crippen molar-refractivity contribution >= 4 is 16.3 Å². The number of hydrogen-bond donors (Lipinski definition) is 0. The van der Waals surface area contributed by atoms with E-state index < -0.39 is 0 Å². The van der Waals surface area contributed by atoms with Crippen LogP contribution in [0.5, 0.6) is 0 Å². The minimum absolute atomic E-state index is 0.791. The second-order valence-corrected chi connectivity index (χ2v) is 7.19. The predicted molar refractivity (Wildman–Crippen MR) is 112 cm³/mol. The van der Waals surface area contributed by atoms with Crippen molar-refractivity contribution in [1.29, 1.82) is 0 Å². The van der Waals surface area contributed by atoms with E-state index in [0.29, 0.717) is 0 Å². The quantitative estimate of drug-likeness (QED) is 0.444. The van der Waals surface area contributed by atoms with Crippen LogP contribution in [0.1, 0.15) is 22.5 Å². The van der Waals surface area contributed by atoms with Gasteiger partial charge in [0.15, 0.2) is 0 Å². The molecule has 136 valence electrons. The van der Waals surface area contributed by atoms with Crippen molar-refractivity contribution in [3.63, 3.8) is 0 Å². The number of aryl methyl sites for hydroxylation is 2. The molecule has 0 N–H and O–H groups in total. The van der Waals surface area contributed by atoms with Crippen LogP contribution in [0.4, 0.5) is 0 Å². The van der Waals surface area contributed by atoms with Gasteiger partial charge in [-0.1, -0.05) is 24.3 Å². The molecule has 1 aromatic carbocycles. The van der Waals surface area contributed by atoms with Gasteiger partial charge in [0.05, 0.1) is 11.2 Å². The van der Waals surface area contributed by atoms with Gasteiger partial charge >= 0.3 is 0 Å². The Labute approximate surface area is 163 Å². The molecule has 5 rings (SSSR count). The second-order valence-electron chi connectivity index (χ2n) is 7.19. The average molecular weight is 364 g/mol. The average Bonchev–Trinajstić information content (AvgIpc) is 3.03. The predicted octanol–water partition coefficient (Wildman–Crippen LogP) is 5.15. The highest BCUT2D eigenvalue weighted by molar-refractivity contribution is 5.88. The van der Waals surface area contributed by atoms with Crippen molar-refractivity contribution in [3.8, 4) is 11.1 Å². The Morgan fingerprint density at radius 3 is 2.68 bits per heavy atom. The van der Waals surface area contributed by atoms with Crippen LogP contribution in [-0.2, 0) is 6.42 Å². The van der Waals surface area contributed by atoms with Gasteiger partial charge in [0.1, 0.15) is 0 Å². The van der Waals surface area contributed by atoms with Crippen molar-refractivity contribution in [3.05, 3.63) is 95.8 Å². The zero-order valence-corrected chi connectivity index (χ0v) is 15.9. The molecule has 4 aromatic heterocycles. The second kappa shape index (κ2) is 6.57. The first kappa shape index (κ1) is 16.6. The molecule has 4 nitrogen and oxygen atoms in total. The molecule has 4 heteroatoms. The molecule has 5 aromatic rings. The summed E-state index contributed by atoms with van der Waals surface area (Å²) in [6.07, 6.45) is 8.48. The summed E-state index contributed by atoms with van der Waals surface area (Å²) < 4.78 is 2.00. The molecule has 0 saturated carbocycles. The Bertz CT molecular complexity index is 1300. The Kier molecular flexibility index (Phi) is 3.90. The summed E-state index contributed by atoms with van der Waals surface area (Å²) >= 11 is 0. The first-order chi connectivity index (χ1) is 13.7. The van der Waals surface area contributed by atoms with Crippen molar-refractivity contribution in [1.82, 2.24) is 19.6 Å². The van der Waals surface area contributed by atoms with Crippen LogP contribution >= 0.6 is 0 Å². The Balaban J connectivity index is 1.56. The number of hydrogen-bond acceptors (Lipinski definition) is 3. The molecular weight excluding hydrogens is 344 g/mol. The molecule has 0 unspecified atom stereocenters. The van der Waals surface area contributed by atoms with E-state index in [1.54, 1.807) is 6.20 Å². The Hall–Kier alpha value is -3.53. The van der Waals surface area contributed by atoms with Gasteiger partial charge in [-0.3, -0.25) is 9.97 Å². The molecule has 0 radical (unpaired) electrons. The third-order valence-electron chi connectivity index (χ3n) is 5.37. The van der Waals surface area contributed by atoms with Crippen LogP contribution in [0.15, 0.2) is 73.3 Å². The molecule has 0 spiro atoms. The molecule has 0 fully saturated rings.